The van der Waals surface area contributed by atoms with E-state index in [1.54, 1.807) is 35.7 Å². The Morgan fingerprint density at radius 2 is 2.16 bits per heavy atom. The van der Waals surface area contributed by atoms with E-state index in [2.05, 4.69) is 0 Å². The van der Waals surface area contributed by atoms with Crippen molar-refractivity contribution in [3.63, 3.8) is 0 Å². The number of amides is 2. The maximum Gasteiger partial charge on any atom is 0.471 e. The molecule has 0 unspecified atom stereocenters. The van der Waals surface area contributed by atoms with Crippen molar-refractivity contribution in [3.05, 3.63) is 34.7 Å². The van der Waals surface area contributed by atoms with E-state index in [-0.39, 0.29) is 17.4 Å². The highest BCUT2D eigenvalue weighted by molar-refractivity contribution is 8.26. The van der Waals surface area contributed by atoms with Crippen LogP contribution in [0.15, 0.2) is 29.2 Å². The zero-order valence-electron chi connectivity index (χ0n) is 12.9. The Bertz CT molecular complexity index is 735. The van der Waals surface area contributed by atoms with E-state index in [4.69, 9.17) is 17.0 Å². The maximum absolute atomic E-state index is 12.3. The predicted octanol–water partition coefficient (Wildman–Crippen LogP) is 2.57. The van der Waals surface area contributed by atoms with Crippen LogP contribution in [0.4, 0.5) is 13.2 Å². The van der Waals surface area contributed by atoms with Crippen LogP contribution in [-0.2, 0) is 9.59 Å². The highest BCUT2D eigenvalue weighted by Gasteiger charge is 2.38. The standard InChI is InChI=1S/C15H13F3N2O3S2/c1-23-10-4-2-3-9(7-10)8-11-12(21)20(14(24)25-11)6-5-19-13(22)15(16,17)18/h2-4,7-8H,5-6H2,1H3,(H,19,22)/b11-8+. The molecule has 134 valence electrons. The Hall–Kier alpha value is -2.07. The van der Waals surface area contributed by atoms with Gasteiger partial charge in [0.15, 0.2) is 0 Å². The molecule has 1 saturated heterocycles. The van der Waals surface area contributed by atoms with Crippen molar-refractivity contribution >= 4 is 46.2 Å². The van der Waals surface area contributed by atoms with Crippen LogP contribution in [0.5, 0.6) is 5.75 Å². The van der Waals surface area contributed by atoms with Gasteiger partial charge in [0.25, 0.3) is 5.91 Å². The van der Waals surface area contributed by atoms with Crippen LogP contribution in [0.25, 0.3) is 6.08 Å². The van der Waals surface area contributed by atoms with Gasteiger partial charge in [0.05, 0.1) is 12.0 Å². The van der Waals surface area contributed by atoms with E-state index >= 15 is 0 Å². The van der Waals surface area contributed by atoms with E-state index in [0.29, 0.717) is 10.7 Å². The summed E-state index contributed by atoms with van der Waals surface area (Å²) in [6.07, 6.45) is -3.34. The molecule has 0 spiro atoms. The molecule has 25 heavy (non-hydrogen) atoms. The van der Waals surface area contributed by atoms with Crippen molar-refractivity contribution in [1.29, 1.82) is 0 Å². The Morgan fingerprint density at radius 1 is 1.44 bits per heavy atom. The highest BCUT2D eigenvalue weighted by atomic mass is 32.2. The Balaban J connectivity index is 2.02. The average Bonchev–Trinajstić information content (AvgIpc) is 2.81. The average molecular weight is 390 g/mol. The second kappa shape index (κ2) is 7.87. The van der Waals surface area contributed by atoms with Crippen LogP contribution in [0.2, 0.25) is 0 Å². The minimum atomic E-state index is -4.96. The summed E-state index contributed by atoms with van der Waals surface area (Å²) in [5.74, 6) is -1.84. The normalized spacial score (nSPS) is 16.5. The number of rotatable bonds is 5. The number of halogens is 3. The van der Waals surface area contributed by atoms with Gasteiger partial charge in [-0.15, -0.1) is 0 Å². The van der Waals surface area contributed by atoms with Gasteiger partial charge in [0, 0.05) is 13.1 Å². The number of nitrogens with zero attached hydrogens (tertiary/aromatic N) is 1. The summed E-state index contributed by atoms with van der Waals surface area (Å²) in [4.78, 5) is 24.6. The fourth-order valence-electron chi connectivity index (χ4n) is 1.96. The molecule has 0 atom stereocenters. The lowest BCUT2D eigenvalue weighted by Crippen LogP contribution is -2.42. The lowest BCUT2D eigenvalue weighted by Gasteiger charge is -2.15. The number of nitrogens with one attached hydrogen (secondary N) is 1. The maximum atomic E-state index is 12.3. The van der Waals surface area contributed by atoms with Gasteiger partial charge < -0.3 is 10.1 Å². The summed E-state index contributed by atoms with van der Waals surface area (Å²) in [6.45, 7) is -0.487. The summed E-state index contributed by atoms with van der Waals surface area (Å²) in [5.41, 5.74) is 0.727. The van der Waals surface area contributed by atoms with Gasteiger partial charge in [0.1, 0.15) is 10.1 Å². The second-order valence-electron chi connectivity index (χ2n) is 4.86. The van der Waals surface area contributed by atoms with Gasteiger partial charge in [-0.1, -0.05) is 36.1 Å². The summed E-state index contributed by atoms with van der Waals surface area (Å²) in [7, 11) is 1.52. The first kappa shape index (κ1) is 19.3. The molecule has 1 N–H and O–H groups in total. The molecule has 5 nitrogen and oxygen atoms in total. The van der Waals surface area contributed by atoms with E-state index < -0.39 is 18.0 Å². The molecule has 0 saturated carbocycles. The molecule has 0 radical (unpaired) electrons. The number of thioether (sulfide) groups is 1. The minimum absolute atomic E-state index is 0.137. The molecule has 0 aliphatic carbocycles. The number of carbonyl (C=O) groups excluding carboxylic acids is 2. The molecule has 1 heterocycles. The van der Waals surface area contributed by atoms with Crippen molar-refractivity contribution < 1.29 is 27.5 Å². The highest BCUT2D eigenvalue weighted by Crippen LogP contribution is 2.32. The van der Waals surface area contributed by atoms with Crippen LogP contribution >= 0.6 is 24.0 Å². The van der Waals surface area contributed by atoms with Crippen molar-refractivity contribution in [2.24, 2.45) is 0 Å². The molecule has 1 fully saturated rings. The zero-order chi connectivity index (χ0) is 18.6. The summed E-state index contributed by atoms with van der Waals surface area (Å²) in [5, 5.41) is 1.71. The van der Waals surface area contributed by atoms with E-state index in [1.807, 2.05) is 0 Å². The number of methoxy groups -OCH3 is 1. The number of hydrogen-bond donors (Lipinski definition) is 1. The summed E-state index contributed by atoms with van der Waals surface area (Å²) >= 11 is 6.13. The molecule has 0 bridgehead atoms. The second-order valence-corrected chi connectivity index (χ2v) is 6.54. The first-order valence-corrected chi connectivity index (χ1v) is 8.19. The molecule has 1 aliphatic heterocycles. The minimum Gasteiger partial charge on any atom is -0.497 e. The van der Waals surface area contributed by atoms with Crippen LogP contribution in [-0.4, -0.2) is 47.4 Å². The van der Waals surface area contributed by atoms with E-state index in [9.17, 15) is 22.8 Å². The smallest absolute Gasteiger partial charge is 0.471 e. The summed E-state index contributed by atoms with van der Waals surface area (Å²) < 4.78 is 41.7. The predicted molar refractivity (Wildman–Crippen MR) is 91.9 cm³/mol. The third kappa shape index (κ3) is 4.95. The molecular weight excluding hydrogens is 377 g/mol. The molecular formula is C15H13F3N2O3S2. The quantitative estimate of drug-likeness (QED) is 0.619. The van der Waals surface area contributed by atoms with Crippen molar-refractivity contribution in [1.82, 2.24) is 10.2 Å². The van der Waals surface area contributed by atoms with Gasteiger partial charge in [-0.2, -0.15) is 13.2 Å². The van der Waals surface area contributed by atoms with Crippen molar-refractivity contribution in [2.75, 3.05) is 20.2 Å². The number of thiocarbonyl (C=S) groups is 1. The fourth-order valence-corrected chi connectivity index (χ4v) is 3.27. The van der Waals surface area contributed by atoms with Gasteiger partial charge >= 0.3 is 12.1 Å². The van der Waals surface area contributed by atoms with Gasteiger partial charge in [-0.05, 0) is 23.8 Å². The molecule has 2 rings (SSSR count). The summed E-state index contributed by atoms with van der Waals surface area (Å²) in [6, 6.07) is 7.03. The molecule has 0 aromatic heterocycles. The van der Waals surface area contributed by atoms with E-state index in [0.717, 1.165) is 22.2 Å². The lowest BCUT2D eigenvalue weighted by molar-refractivity contribution is -0.173. The van der Waals surface area contributed by atoms with Gasteiger partial charge in [0.2, 0.25) is 0 Å². The topological polar surface area (TPSA) is 58.6 Å². The number of benzene rings is 1. The first-order valence-electron chi connectivity index (χ1n) is 6.97. The van der Waals surface area contributed by atoms with Crippen LogP contribution < -0.4 is 10.1 Å². The third-order valence-electron chi connectivity index (χ3n) is 3.14. The molecule has 1 aromatic carbocycles. The first-order chi connectivity index (χ1) is 11.7. The van der Waals surface area contributed by atoms with Crippen LogP contribution in [0, 0.1) is 0 Å². The molecule has 10 heteroatoms. The van der Waals surface area contributed by atoms with Crippen LogP contribution in [0.3, 0.4) is 0 Å². The number of alkyl halides is 3. The number of carbonyl (C=O) groups is 2. The Morgan fingerprint density at radius 3 is 2.80 bits per heavy atom. The largest absolute Gasteiger partial charge is 0.497 e. The Labute approximate surface area is 151 Å². The monoisotopic (exact) mass is 390 g/mol. The zero-order valence-corrected chi connectivity index (χ0v) is 14.6. The van der Waals surface area contributed by atoms with E-state index in [1.165, 1.54) is 7.11 Å². The number of ether oxygens (including phenoxy) is 1. The van der Waals surface area contributed by atoms with Gasteiger partial charge in [-0.25, -0.2) is 0 Å². The Kier molecular flexibility index (Phi) is 6.07. The third-order valence-corrected chi connectivity index (χ3v) is 4.52. The fraction of sp³-hybridized carbons (Fsp3) is 0.267. The van der Waals surface area contributed by atoms with Gasteiger partial charge in [-0.3, -0.25) is 14.5 Å². The van der Waals surface area contributed by atoms with Crippen molar-refractivity contribution in [3.8, 4) is 5.75 Å². The molecule has 2 amide bonds. The molecule has 1 aliphatic rings. The SMILES string of the molecule is COc1cccc(/C=C2/SC(=S)N(CCNC(=O)C(F)(F)F)C2=O)c1. The number of hydrogen-bond acceptors (Lipinski definition) is 5. The van der Waals surface area contributed by atoms with Crippen molar-refractivity contribution in [2.45, 2.75) is 6.18 Å². The molecule has 1 aromatic rings. The lowest BCUT2D eigenvalue weighted by atomic mass is 10.2. The van der Waals surface area contributed by atoms with Crippen LogP contribution in [0.1, 0.15) is 5.56 Å².